The smallest absolute Gasteiger partial charge is 0.224 e. The van der Waals surface area contributed by atoms with Crippen molar-refractivity contribution in [1.82, 2.24) is 9.38 Å². The summed E-state index contributed by atoms with van der Waals surface area (Å²) in [5, 5.41) is 2.89. The zero-order valence-corrected chi connectivity index (χ0v) is 12.8. The Kier molecular flexibility index (Phi) is 3.92. The molecule has 112 valence electrons. The number of amides is 1. The Morgan fingerprint density at radius 3 is 2.73 bits per heavy atom. The molecule has 4 heteroatoms. The Bertz CT molecular complexity index is 803. The Labute approximate surface area is 129 Å². The van der Waals surface area contributed by atoms with Gasteiger partial charge in [-0.3, -0.25) is 4.79 Å². The van der Waals surface area contributed by atoms with Crippen molar-refractivity contribution in [3.8, 4) is 11.3 Å². The Balaban J connectivity index is 1.83. The van der Waals surface area contributed by atoms with Gasteiger partial charge in [-0.05, 0) is 43.2 Å². The van der Waals surface area contributed by atoms with Crippen molar-refractivity contribution in [3.05, 3.63) is 54.4 Å². The first-order chi connectivity index (χ1) is 10.7. The number of fused-ring (bicyclic) bond motifs is 1. The number of imidazole rings is 1. The van der Waals surface area contributed by atoms with Crippen LogP contribution in [0.3, 0.4) is 0 Å². The normalized spacial score (nSPS) is 10.8. The van der Waals surface area contributed by atoms with Gasteiger partial charge in [0.05, 0.1) is 5.69 Å². The van der Waals surface area contributed by atoms with Gasteiger partial charge in [-0.15, -0.1) is 0 Å². The molecule has 0 saturated carbocycles. The minimum atomic E-state index is 0.0541. The summed E-state index contributed by atoms with van der Waals surface area (Å²) in [6.07, 6.45) is 5.43. The van der Waals surface area contributed by atoms with Gasteiger partial charge < -0.3 is 9.72 Å². The maximum atomic E-state index is 11.6. The van der Waals surface area contributed by atoms with Crippen LogP contribution in [-0.4, -0.2) is 15.3 Å². The minimum absolute atomic E-state index is 0.0541. The quantitative estimate of drug-likeness (QED) is 0.789. The molecule has 3 rings (SSSR count). The summed E-state index contributed by atoms with van der Waals surface area (Å²) in [7, 11) is 0. The van der Waals surface area contributed by atoms with E-state index in [1.807, 2.05) is 48.0 Å². The number of rotatable bonds is 4. The second-order valence-electron chi connectivity index (χ2n) is 5.47. The first-order valence-electron chi connectivity index (χ1n) is 7.51. The molecule has 3 aromatic rings. The molecular formula is C18H19N3O. The van der Waals surface area contributed by atoms with Crippen molar-refractivity contribution in [1.29, 1.82) is 0 Å². The molecule has 2 aromatic heterocycles. The number of carbonyl (C=O) groups is 1. The highest BCUT2D eigenvalue weighted by Gasteiger charge is 2.05. The number of anilines is 1. The fourth-order valence-corrected chi connectivity index (χ4v) is 2.40. The maximum absolute atomic E-state index is 11.6. The number of benzene rings is 1. The van der Waals surface area contributed by atoms with Crippen LogP contribution in [-0.2, 0) is 4.79 Å². The number of hydrogen-bond donors (Lipinski definition) is 1. The number of nitrogens with one attached hydrogen (secondary N) is 1. The summed E-state index contributed by atoms with van der Waals surface area (Å²) < 4.78 is 2.01. The van der Waals surface area contributed by atoms with Crippen LogP contribution in [0.4, 0.5) is 5.69 Å². The van der Waals surface area contributed by atoms with E-state index in [1.165, 1.54) is 5.56 Å². The van der Waals surface area contributed by atoms with Crippen molar-refractivity contribution >= 4 is 17.2 Å². The number of nitrogens with zero attached hydrogens (tertiary/aromatic N) is 2. The second kappa shape index (κ2) is 6.02. The van der Waals surface area contributed by atoms with Crippen molar-refractivity contribution in [2.45, 2.75) is 26.7 Å². The Morgan fingerprint density at radius 1 is 1.23 bits per heavy atom. The zero-order chi connectivity index (χ0) is 15.5. The second-order valence-corrected chi connectivity index (χ2v) is 5.47. The van der Waals surface area contributed by atoms with Crippen LogP contribution in [0.25, 0.3) is 16.9 Å². The van der Waals surface area contributed by atoms with E-state index in [4.69, 9.17) is 0 Å². The van der Waals surface area contributed by atoms with Crippen molar-refractivity contribution in [2.75, 3.05) is 5.32 Å². The summed E-state index contributed by atoms with van der Waals surface area (Å²) in [4.78, 5) is 16.2. The molecule has 0 aliphatic carbocycles. The van der Waals surface area contributed by atoms with Gasteiger partial charge in [-0.2, -0.15) is 0 Å². The van der Waals surface area contributed by atoms with Crippen LogP contribution < -0.4 is 5.32 Å². The van der Waals surface area contributed by atoms with Gasteiger partial charge in [0.1, 0.15) is 5.65 Å². The standard InChI is InChI=1S/C18H19N3O/c1-3-4-18(22)19-15-7-5-14(6-8-15)16-12-21-10-9-13(2)11-17(21)20-16/h5-12H,3-4H2,1-2H3,(H,19,22). The molecule has 0 aliphatic rings. The van der Waals surface area contributed by atoms with E-state index in [2.05, 4.69) is 29.4 Å². The molecule has 1 amide bonds. The highest BCUT2D eigenvalue weighted by Crippen LogP contribution is 2.21. The molecule has 0 unspecified atom stereocenters. The lowest BCUT2D eigenvalue weighted by molar-refractivity contribution is -0.116. The lowest BCUT2D eigenvalue weighted by Crippen LogP contribution is -2.10. The third-order valence-corrected chi connectivity index (χ3v) is 3.56. The Morgan fingerprint density at radius 2 is 2.00 bits per heavy atom. The molecule has 0 atom stereocenters. The van der Waals surface area contributed by atoms with Crippen molar-refractivity contribution in [3.63, 3.8) is 0 Å². The molecule has 0 fully saturated rings. The molecule has 0 aliphatic heterocycles. The molecule has 0 radical (unpaired) electrons. The van der Waals surface area contributed by atoms with Crippen LogP contribution in [0.15, 0.2) is 48.8 Å². The predicted octanol–water partition coefficient (Wildman–Crippen LogP) is 4.05. The lowest BCUT2D eigenvalue weighted by atomic mass is 10.1. The summed E-state index contributed by atoms with van der Waals surface area (Å²) in [5.41, 5.74) is 4.92. The number of aromatic nitrogens is 2. The number of aryl methyl sites for hydroxylation is 1. The largest absolute Gasteiger partial charge is 0.326 e. The van der Waals surface area contributed by atoms with E-state index in [-0.39, 0.29) is 5.91 Å². The van der Waals surface area contributed by atoms with E-state index < -0.39 is 0 Å². The van der Waals surface area contributed by atoms with E-state index in [1.54, 1.807) is 0 Å². The van der Waals surface area contributed by atoms with Gasteiger partial charge in [-0.1, -0.05) is 19.1 Å². The summed E-state index contributed by atoms with van der Waals surface area (Å²) in [6.45, 7) is 4.05. The van der Waals surface area contributed by atoms with Gasteiger partial charge >= 0.3 is 0 Å². The summed E-state index contributed by atoms with van der Waals surface area (Å²) >= 11 is 0. The lowest BCUT2D eigenvalue weighted by Gasteiger charge is -2.04. The third-order valence-electron chi connectivity index (χ3n) is 3.56. The summed E-state index contributed by atoms with van der Waals surface area (Å²) in [6, 6.07) is 11.9. The van der Waals surface area contributed by atoms with E-state index in [0.29, 0.717) is 6.42 Å². The molecular weight excluding hydrogens is 274 g/mol. The molecule has 2 heterocycles. The fraction of sp³-hybridized carbons (Fsp3) is 0.222. The number of carbonyl (C=O) groups excluding carboxylic acids is 1. The molecule has 1 aromatic carbocycles. The van der Waals surface area contributed by atoms with Crippen molar-refractivity contribution < 1.29 is 4.79 Å². The van der Waals surface area contributed by atoms with Gasteiger partial charge in [0.15, 0.2) is 0 Å². The van der Waals surface area contributed by atoms with E-state index in [0.717, 1.165) is 29.0 Å². The van der Waals surface area contributed by atoms with E-state index in [9.17, 15) is 4.79 Å². The van der Waals surface area contributed by atoms with Crippen LogP contribution in [0.5, 0.6) is 0 Å². The zero-order valence-electron chi connectivity index (χ0n) is 12.8. The third kappa shape index (κ3) is 3.01. The van der Waals surface area contributed by atoms with Gasteiger partial charge in [0.25, 0.3) is 0 Å². The van der Waals surface area contributed by atoms with Gasteiger partial charge in [-0.25, -0.2) is 4.98 Å². The molecule has 0 saturated heterocycles. The SMILES string of the molecule is CCCC(=O)Nc1ccc(-c2cn3ccc(C)cc3n2)cc1. The van der Waals surface area contributed by atoms with Crippen LogP contribution in [0, 0.1) is 6.92 Å². The van der Waals surface area contributed by atoms with Crippen LogP contribution in [0.2, 0.25) is 0 Å². The maximum Gasteiger partial charge on any atom is 0.224 e. The molecule has 4 nitrogen and oxygen atoms in total. The number of pyridine rings is 1. The molecule has 0 spiro atoms. The predicted molar refractivity (Wildman–Crippen MR) is 88.9 cm³/mol. The van der Waals surface area contributed by atoms with Crippen LogP contribution in [0.1, 0.15) is 25.3 Å². The topological polar surface area (TPSA) is 46.4 Å². The number of hydrogen-bond acceptors (Lipinski definition) is 2. The molecule has 22 heavy (non-hydrogen) atoms. The first kappa shape index (κ1) is 14.3. The molecule has 1 N–H and O–H groups in total. The van der Waals surface area contributed by atoms with Crippen LogP contribution >= 0.6 is 0 Å². The highest BCUT2D eigenvalue weighted by atomic mass is 16.1. The summed E-state index contributed by atoms with van der Waals surface area (Å²) in [5.74, 6) is 0.0541. The van der Waals surface area contributed by atoms with Gasteiger partial charge in [0.2, 0.25) is 5.91 Å². The van der Waals surface area contributed by atoms with E-state index >= 15 is 0 Å². The fourth-order valence-electron chi connectivity index (χ4n) is 2.40. The average molecular weight is 293 g/mol. The van der Waals surface area contributed by atoms with Crippen molar-refractivity contribution in [2.24, 2.45) is 0 Å². The molecule has 0 bridgehead atoms. The monoisotopic (exact) mass is 293 g/mol. The first-order valence-corrected chi connectivity index (χ1v) is 7.51. The Hall–Kier alpha value is -2.62. The average Bonchev–Trinajstić information content (AvgIpc) is 2.91. The van der Waals surface area contributed by atoms with Gasteiger partial charge in [0, 0.05) is 30.1 Å². The minimum Gasteiger partial charge on any atom is -0.326 e. The highest BCUT2D eigenvalue weighted by molar-refractivity contribution is 5.90.